The van der Waals surface area contributed by atoms with Crippen LogP contribution in [-0.4, -0.2) is 26.1 Å². The van der Waals surface area contributed by atoms with Crippen molar-refractivity contribution in [2.45, 2.75) is 26.4 Å². The Hall–Kier alpha value is -2.66. The van der Waals surface area contributed by atoms with Crippen molar-refractivity contribution in [2.75, 3.05) is 11.9 Å². The third-order valence-corrected chi connectivity index (χ3v) is 5.11. The highest BCUT2D eigenvalue weighted by molar-refractivity contribution is 7.80. The van der Waals surface area contributed by atoms with Crippen molar-refractivity contribution in [3.63, 3.8) is 0 Å². The molecule has 2 aromatic heterocycles. The summed E-state index contributed by atoms with van der Waals surface area (Å²) in [5.74, 6) is 0. The summed E-state index contributed by atoms with van der Waals surface area (Å²) in [7, 11) is 0. The molecule has 3 heterocycles. The normalized spacial score (nSPS) is 16.2. The molecule has 0 bridgehead atoms. The fourth-order valence-electron chi connectivity index (χ4n) is 3.73. The Kier molecular flexibility index (Phi) is 4.47. The monoisotopic (exact) mass is 362 g/mol. The van der Waals surface area contributed by atoms with Crippen molar-refractivity contribution >= 4 is 23.0 Å². The highest BCUT2D eigenvalue weighted by Crippen LogP contribution is 2.32. The van der Waals surface area contributed by atoms with Gasteiger partial charge in [-0.2, -0.15) is 0 Å². The van der Waals surface area contributed by atoms with Gasteiger partial charge in [-0.05, 0) is 73.1 Å². The van der Waals surface area contributed by atoms with E-state index in [1.165, 1.54) is 16.8 Å². The zero-order valence-electron chi connectivity index (χ0n) is 15.0. The molecule has 1 aromatic carbocycles. The van der Waals surface area contributed by atoms with Crippen molar-refractivity contribution in [3.8, 4) is 0 Å². The SMILES string of the molecule is Cc1cc(C)cc(NC(=S)N2CCn3cccc3[C@@H]2c2cccnc2)c1. The lowest BCUT2D eigenvalue weighted by molar-refractivity contribution is 0.293. The van der Waals surface area contributed by atoms with Gasteiger partial charge >= 0.3 is 0 Å². The minimum absolute atomic E-state index is 0.0679. The predicted molar refractivity (Wildman–Crippen MR) is 109 cm³/mol. The summed E-state index contributed by atoms with van der Waals surface area (Å²) in [6.07, 6.45) is 5.87. The first-order chi connectivity index (χ1) is 12.6. The van der Waals surface area contributed by atoms with Crippen LogP contribution in [0.4, 0.5) is 5.69 Å². The average Bonchev–Trinajstić information content (AvgIpc) is 3.09. The molecule has 0 saturated carbocycles. The highest BCUT2D eigenvalue weighted by atomic mass is 32.1. The molecule has 26 heavy (non-hydrogen) atoms. The van der Waals surface area contributed by atoms with Gasteiger partial charge in [0.2, 0.25) is 0 Å². The van der Waals surface area contributed by atoms with E-state index in [0.717, 1.165) is 29.5 Å². The van der Waals surface area contributed by atoms with Gasteiger partial charge in [-0.3, -0.25) is 4.98 Å². The molecule has 1 N–H and O–H groups in total. The van der Waals surface area contributed by atoms with Crippen molar-refractivity contribution in [1.82, 2.24) is 14.5 Å². The van der Waals surface area contributed by atoms with Crippen molar-refractivity contribution < 1.29 is 0 Å². The van der Waals surface area contributed by atoms with E-state index >= 15 is 0 Å². The predicted octanol–water partition coefficient (Wildman–Crippen LogP) is 4.30. The van der Waals surface area contributed by atoms with Crippen molar-refractivity contribution in [1.29, 1.82) is 0 Å². The standard InChI is InChI=1S/C21H22N4S/c1-15-11-16(2)13-18(12-15)23-21(26)25-10-9-24-8-4-6-19(24)20(25)17-5-3-7-22-14-17/h3-8,11-14,20H,9-10H2,1-2H3,(H,23,26)/t20-/m0/s1. The molecule has 0 aliphatic carbocycles. The van der Waals surface area contributed by atoms with Crippen LogP contribution in [0.1, 0.15) is 28.4 Å². The topological polar surface area (TPSA) is 33.1 Å². The molecule has 0 fully saturated rings. The van der Waals surface area contributed by atoms with Crippen LogP contribution in [-0.2, 0) is 6.54 Å². The Morgan fingerprint density at radius 2 is 1.92 bits per heavy atom. The second kappa shape index (κ2) is 6.92. The summed E-state index contributed by atoms with van der Waals surface area (Å²) in [5, 5.41) is 4.19. The van der Waals surface area contributed by atoms with E-state index in [2.05, 4.69) is 76.2 Å². The number of aryl methyl sites for hydroxylation is 2. The minimum Gasteiger partial charge on any atom is -0.348 e. The molecular weight excluding hydrogens is 340 g/mol. The van der Waals surface area contributed by atoms with Gasteiger partial charge in [-0.1, -0.05) is 12.1 Å². The van der Waals surface area contributed by atoms with E-state index in [-0.39, 0.29) is 6.04 Å². The molecule has 4 nitrogen and oxygen atoms in total. The molecule has 0 spiro atoms. The van der Waals surface area contributed by atoms with E-state index < -0.39 is 0 Å². The van der Waals surface area contributed by atoms with E-state index in [4.69, 9.17) is 12.2 Å². The number of fused-ring (bicyclic) bond motifs is 1. The van der Waals surface area contributed by atoms with Gasteiger partial charge in [-0.15, -0.1) is 0 Å². The van der Waals surface area contributed by atoms with Gasteiger partial charge in [0.25, 0.3) is 0 Å². The molecule has 1 atom stereocenters. The summed E-state index contributed by atoms with van der Waals surface area (Å²) in [6, 6.07) is 14.9. The van der Waals surface area contributed by atoms with Crippen molar-refractivity contribution in [2.24, 2.45) is 0 Å². The third kappa shape index (κ3) is 3.22. The summed E-state index contributed by atoms with van der Waals surface area (Å²) in [4.78, 5) is 6.58. The van der Waals surface area contributed by atoms with E-state index in [9.17, 15) is 0 Å². The minimum atomic E-state index is 0.0679. The molecule has 3 aromatic rings. The lowest BCUT2D eigenvalue weighted by Gasteiger charge is -2.39. The second-order valence-electron chi connectivity index (χ2n) is 6.82. The molecule has 1 aliphatic heterocycles. The molecule has 0 unspecified atom stereocenters. The fourth-order valence-corrected chi connectivity index (χ4v) is 4.05. The number of hydrogen-bond donors (Lipinski definition) is 1. The van der Waals surface area contributed by atoms with E-state index in [0.29, 0.717) is 0 Å². The maximum absolute atomic E-state index is 5.81. The number of pyridine rings is 1. The van der Waals surface area contributed by atoms with Crippen molar-refractivity contribution in [3.05, 3.63) is 83.4 Å². The summed E-state index contributed by atoms with van der Waals surface area (Å²) in [5.41, 5.74) is 5.89. The van der Waals surface area contributed by atoms with Crippen LogP contribution in [0.3, 0.4) is 0 Å². The number of rotatable bonds is 2. The van der Waals surface area contributed by atoms with Crippen LogP contribution < -0.4 is 5.32 Å². The largest absolute Gasteiger partial charge is 0.348 e. The second-order valence-corrected chi connectivity index (χ2v) is 7.20. The van der Waals surface area contributed by atoms with Gasteiger partial charge in [0.1, 0.15) is 0 Å². The first-order valence-corrected chi connectivity index (χ1v) is 9.23. The van der Waals surface area contributed by atoms with Crippen LogP contribution >= 0.6 is 12.2 Å². The van der Waals surface area contributed by atoms with Crippen LogP contribution in [0, 0.1) is 13.8 Å². The highest BCUT2D eigenvalue weighted by Gasteiger charge is 2.30. The van der Waals surface area contributed by atoms with Crippen LogP contribution in [0.25, 0.3) is 0 Å². The summed E-state index contributed by atoms with van der Waals surface area (Å²) >= 11 is 5.81. The maximum Gasteiger partial charge on any atom is 0.174 e. The first-order valence-electron chi connectivity index (χ1n) is 8.83. The Morgan fingerprint density at radius 3 is 2.65 bits per heavy atom. The van der Waals surface area contributed by atoms with E-state index in [1.807, 2.05) is 18.5 Å². The lowest BCUT2D eigenvalue weighted by atomic mass is 10.0. The molecule has 1 aliphatic rings. The zero-order chi connectivity index (χ0) is 18.1. The average molecular weight is 363 g/mol. The maximum atomic E-state index is 5.81. The van der Waals surface area contributed by atoms with Gasteiger partial charge in [0.15, 0.2) is 5.11 Å². The quantitative estimate of drug-likeness (QED) is 0.689. The van der Waals surface area contributed by atoms with Gasteiger partial charge in [0.05, 0.1) is 6.04 Å². The zero-order valence-corrected chi connectivity index (χ0v) is 15.8. The Bertz CT molecular complexity index is 912. The Labute approximate surface area is 159 Å². The first kappa shape index (κ1) is 16.8. The molecule has 0 saturated heterocycles. The van der Waals surface area contributed by atoms with Crippen LogP contribution in [0.15, 0.2) is 61.1 Å². The smallest absolute Gasteiger partial charge is 0.174 e. The number of benzene rings is 1. The molecule has 132 valence electrons. The number of anilines is 1. The van der Waals surface area contributed by atoms with Gasteiger partial charge in [0, 0.05) is 43.1 Å². The fraction of sp³-hybridized carbons (Fsp3) is 0.238. The van der Waals surface area contributed by atoms with Gasteiger partial charge in [-0.25, -0.2) is 0 Å². The van der Waals surface area contributed by atoms with Crippen LogP contribution in [0.2, 0.25) is 0 Å². The molecule has 0 amide bonds. The molecule has 0 radical (unpaired) electrons. The Balaban J connectivity index is 1.67. The number of nitrogens with zero attached hydrogens (tertiary/aromatic N) is 3. The third-order valence-electron chi connectivity index (χ3n) is 4.77. The molecule has 4 rings (SSSR count). The number of aromatic nitrogens is 2. The molecular formula is C21H22N4S. The lowest BCUT2D eigenvalue weighted by Crippen LogP contribution is -2.44. The number of nitrogens with one attached hydrogen (secondary N) is 1. The number of hydrogen-bond acceptors (Lipinski definition) is 2. The van der Waals surface area contributed by atoms with E-state index in [1.54, 1.807) is 0 Å². The molecule has 5 heteroatoms. The summed E-state index contributed by atoms with van der Waals surface area (Å²) < 4.78 is 2.30. The Morgan fingerprint density at radius 1 is 1.12 bits per heavy atom. The number of thiocarbonyl (C=S) groups is 1. The van der Waals surface area contributed by atoms with Crippen LogP contribution in [0.5, 0.6) is 0 Å². The van der Waals surface area contributed by atoms with Gasteiger partial charge < -0.3 is 14.8 Å². The summed E-state index contributed by atoms with van der Waals surface area (Å²) in [6.45, 7) is 5.99.